The fourth-order valence-corrected chi connectivity index (χ4v) is 9.95. The maximum atomic E-state index is 4.85. The van der Waals surface area contributed by atoms with Gasteiger partial charge >= 0.3 is 0 Å². The highest BCUT2D eigenvalue weighted by Gasteiger charge is 2.47. The van der Waals surface area contributed by atoms with Gasteiger partial charge in [0.2, 0.25) is 0 Å². The van der Waals surface area contributed by atoms with E-state index in [-0.39, 0.29) is 0 Å². The van der Waals surface area contributed by atoms with Crippen LogP contribution in [0.2, 0.25) is 0 Å². The maximum Gasteiger partial charge on any atom is 0.159 e. The highest BCUT2D eigenvalue weighted by Crippen LogP contribution is 2.60. The maximum absolute atomic E-state index is 4.85. The van der Waals surface area contributed by atoms with Gasteiger partial charge in [-0.2, -0.15) is 0 Å². The minimum absolute atomic E-state index is 0.721. The first-order chi connectivity index (χ1) is 33.0. The number of hydrogen-bond donors (Lipinski definition) is 0. The Kier molecular flexibility index (Phi) is 10.6. The molecule has 0 aliphatic carbocycles. The van der Waals surface area contributed by atoms with Crippen molar-refractivity contribution in [3.63, 3.8) is 0 Å². The first-order valence-corrected chi connectivity index (χ1v) is 22.6. The van der Waals surface area contributed by atoms with Crippen LogP contribution in [-0.4, -0.2) is 19.9 Å². The van der Waals surface area contributed by atoms with Crippen LogP contribution in [0.4, 0.5) is 51.2 Å². The van der Waals surface area contributed by atoms with Crippen molar-refractivity contribution >= 4 is 51.2 Å². The van der Waals surface area contributed by atoms with Crippen LogP contribution in [0.1, 0.15) is 39.2 Å². The zero-order valence-electron chi connectivity index (χ0n) is 37.6. The van der Waals surface area contributed by atoms with Crippen LogP contribution >= 0.6 is 0 Å². The van der Waals surface area contributed by atoms with Gasteiger partial charge in [-0.15, -0.1) is 0 Å². The number of rotatable bonds is 10. The van der Waals surface area contributed by atoms with E-state index in [1.54, 1.807) is 0 Å². The van der Waals surface area contributed by atoms with Crippen LogP contribution in [0.3, 0.4) is 0 Å². The molecule has 322 valence electrons. The van der Waals surface area contributed by atoms with E-state index in [4.69, 9.17) is 9.97 Å². The molecule has 10 aromatic rings. The Morgan fingerprint density at radius 2 is 0.761 bits per heavy atom. The summed E-state index contributed by atoms with van der Waals surface area (Å²) in [6.45, 7) is 6.24. The van der Waals surface area contributed by atoms with E-state index in [1.165, 1.54) is 0 Å². The molecule has 0 spiro atoms. The molecule has 11 rings (SSSR count). The molecule has 7 heteroatoms. The molecule has 1 aliphatic rings. The molecule has 0 atom stereocenters. The van der Waals surface area contributed by atoms with Gasteiger partial charge in [0.25, 0.3) is 0 Å². The molecule has 0 radical (unpaired) electrons. The average Bonchev–Trinajstić information content (AvgIpc) is 3.37. The van der Waals surface area contributed by atoms with E-state index in [9.17, 15) is 0 Å². The van der Waals surface area contributed by atoms with Crippen LogP contribution in [0.25, 0.3) is 11.4 Å². The van der Waals surface area contributed by atoms with Gasteiger partial charge in [0.1, 0.15) is 0 Å². The Bertz CT molecular complexity index is 3060. The molecule has 4 heterocycles. The van der Waals surface area contributed by atoms with Crippen molar-refractivity contribution in [2.45, 2.75) is 26.2 Å². The third-order valence-corrected chi connectivity index (χ3v) is 12.7. The molecule has 67 heavy (non-hydrogen) atoms. The number of nitrogens with zero attached hydrogens (tertiary/aromatic N) is 7. The molecule has 0 unspecified atom stereocenters. The standard InChI is InChI=1S/C60H47N7/c1-42-38-45(59-63-43(2)39-44(3)64-59)24-27-56(42)67-57-28-25-52(65(48-16-8-4-9-17-48)49-18-10-5-11-19-49)40-54(57)60(46-30-34-61-35-31-46,47-32-36-62-37-33-47)55-41-53(26-29-58(55)67)66(50-20-12-6-13-21-50)51-22-14-7-15-23-51/h4-41H,1-3H3. The number of anilines is 9. The van der Waals surface area contributed by atoms with E-state index in [0.717, 1.165) is 102 Å². The monoisotopic (exact) mass is 865 g/mol. The topological polar surface area (TPSA) is 61.3 Å². The van der Waals surface area contributed by atoms with Crippen molar-refractivity contribution in [3.05, 3.63) is 270 Å². The Morgan fingerprint density at radius 1 is 0.373 bits per heavy atom. The van der Waals surface area contributed by atoms with Crippen LogP contribution in [0, 0.1) is 20.8 Å². The van der Waals surface area contributed by atoms with Gasteiger partial charge in [0.05, 0.1) is 16.8 Å². The highest BCUT2D eigenvalue weighted by atomic mass is 15.2. The Labute approximate surface area is 392 Å². The molecular weight excluding hydrogens is 819 g/mol. The second-order valence-corrected chi connectivity index (χ2v) is 16.9. The van der Waals surface area contributed by atoms with Crippen molar-refractivity contribution in [1.29, 1.82) is 0 Å². The third kappa shape index (κ3) is 7.37. The molecule has 0 fully saturated rings. The zero-order valence-corrected chi connectivity index (χ0v) is 37.6. The lowest BCUT2D eigenvalue weighted by Gasteiger charge is -2.47. The molecular formula is C60H47N7. The highest BCUT2D eigenvalue weighted by molar-refractivity contribution is 5.94. The summed E-state index contributed by atoms with van der Waals surface area (Å²) >= 11 is 0. The van der Waals surface area contributed by atoms with Gasteiger partial charge in [0.15, 0.2) is 5.82 Å². The lowest BCUT2D eigenvalue weighted by Crippen LogP contribution is -2.38. The van der Waals surface area contributed by atoms with Gasteiger partial charge in [0, 0.05) is 81.6 Å². The van der Waals surface area contributed by atoms with Crippen LogP contribution in [-0.2, 0) is 5.41 Å². The minimum Gasteiger partial charge on any atom is -0.310 e. The summed E-state index contributed by atoms with van der Waals surface area (Å²) in [5.74, 6) is 0.721. The summed E-state index contributed by atoms with van der Waals surface area (Å²) in [7, 11) is 0. The van der Waals surface area contributed by atoms with Crippen molar-refractivity contribution < 1.29 is 0 Å². The first-order valence-electron chi connectivity index (χ1n) is 22.6. The number of aryl methyl sites for hydroxylation is 3. The van der Waals surface area contributed by atoms with Gasteiger partial charge < -0.3 is 14.7 Å². The Morgan fingerprint density at radius 3 is 1.15 bits per heavy atom. The van der Waals surface area contributed by atoms with Gasteiger partial charge in [-0.3, -0.25) is 9.97 Å². The lowest BCUT2D eigenvalue weighted by atomic mass is 9.62. The van der Waals surface area contributed by atoms with Crippen molar-refractivity contribution in [1.82, 2.24) is 19.9 Å². The molecule has 0 N–H and O–H groups in total. The number of fused-ring (bicyclic) bond motifs is 2. The number of para-hydroxylation sites is 4. The quantitative estimate of drug-likeness (QED) is 0.136. The van der Waals surface area contributed by atoms with E-state index in [0.29, 0.717) is 0 Å². The Hall–Kier alpha value is -8.68. The Balaban J connectivity index is 1.25. The summed E-state index contributed by atoms with van der Waals surface area (Å²) in [5, 5.41) is 0. The summed E-state index contributed by atoms with van der Waals surface area (Å²) < 4.78 is 0. The van der Waals surface area contributed by atoms with Crippen LogP contribution < -0.4 is 14.7 Å². The molecule has 1 aliphatic heterocycles. The zero-order chi connectivity index (χ0) is 45.3. The largest absolute Gasteiger partial charge is 0.310 e. The SMILES string of the molecule is Cc1cc(C)nc(-c2ccc(N3c4ccc(N(c5ccccc5)c5ccccc5)cc4C(c4ccncc4)(c4ccncc4)c4cc(N(c5ccccc5)c5ccccc5)ccc43)c(C)c2)n1. The normalized spacial score (nSPS) is 12.5. The molecule has 7 nitrogen and oxygen atoms in total. The van der Waals surface area contributed by atoms with E-state index >= 15 is 0 Å². The van der Waals surface area contributed by atoms with E-state index in [2.05, 4.69) is 232 Å². The summed E-state index contributed by atoms with van der Waals surface area (Å²) in [4.78, 5) is 26.0. The predicted octanol–water partition coefficient (Wildman–Crippen LogP) is 15.0. The molecule has 0 bridgehead atoms. The number of aromatic nitrogens is 4. The fourth-order valence-electron chi connectivity index (χ4n) is 9.95. The first kappa shape index (κ1) is 41.1. The van der Waals surface area contributed by atoms with E-state index < -0.39 is 5.41 Å². The predicted molar refractivity (Wildman–Crippen MR) is 273 cm³/mol. The second kappa shape index (κ2) is 17.4. The number of benzene rings is 7. The van der Waals surface area contributed by atoms with Gasteiger partial charge in [-0.25, -0.2) is 9.97 Å². The minimum atomic E-state index is -0.863. The molecule has 0 saturated carbocycles. The van der Waals surface area contributed by atoms with Gasteiger partial charge in [-0.05, 0) is 182 Å². The lowest BCUT2D eigenvalue weighted by molar-refractivity contribution is 0.727. The number of pyridine rings is 2. The van der Waals surface area contributed by atoms with Crippen LogP contribution in [0.15, 0.2) is 231 Å². The molecule has 7 aromatic carbocycles. The summed E-state index contributed by atoms with van der Waals surface area (Å²) in [5.41, 5.74) is 16.9. The van der Waals surface area contributed by atoms with Crippen molar-refractivity contribution in [2.24, 2.45) is 0 Å². The van der Waals surface area contributed by atoms with Crippen molar-refractivity contribution in [3.8, 4) is 11.4 Å². The number of hydrogen-bond acceptors (Lipinski definition) is 7. The third-order valence-electron chi connectivity index (χ3n) is 12.7. The summed E-state index contributed by atoms with van der Waals surface area (Å²) in [6.07, 6.45) is 7.65. The average molecular weight is 866 g/mol. The fraction of sp³-hybridized carbons (Fsp3) is 0.0667. The smallest absolute Gasteiger partial charge is 0.159 e. The second-order valence-electron chi connectivity index (χ2n) is 16.9. The molecule has 3 aromatic heterocycles. The van der Waals surface area contributed by atoms with Crippen molar-refractivity contribution in [2.75, 3.05) is 14.7 Å². The molecule has 0 amide bonds. The summed E-state index contributed by atoms with van der Waals surface area (Å²) in [6, 6.07) is 73.7. The van der Waals surface area contributed by atoms with E-state index in [1.807, 2.05) is 44.7 Å². The molecule has 0 saturated heterocycles. The van der Waals surface area contributed by atoms with Crippen LogP contribution in [0.5, 0.6) is 0 Å². The van der Waals surface area contributed by atoms with Gasteiger partial charge in [-0.1, -0.05) is 72.8 Å².